The van der Waals surface area contributed by atoms with Gasteiger partial charge in [-0.15, -0.1) is 24.0 Å². The van der Waals surface area contributed by atoms with Crippen molar-refractivity contribution in [3.63, 3.8) is 0 Å². The summed E-state index contributed by atoms with van der Waals surface area (Å²) >= 11 is 0. The number of nitrogens with one attached hydrogen (secondary N) is 2. The molecule has 2 N–H and O–H groups in total. The molecule has 7 heteroatoms. The number of halogens is 1. The van der Waals surface area contributed by atoms with E-state index in [1.54, 1.807) is 25.3 Å². The number of hydrogen-bond acceptors (Lipinski definition) is 3. The number of rotatable bonds is 7. The predicted molar refractivity (Wildman–Crippen MR) is 115 cm³/mol. The monoisotopic (exact) mass is 470 g/mol. The molecule has 1 amide bonds. The molecule has 2 rings (SSSR count). The van der Waals surface area contributed by atoms with E-state index in [0.29, 0.717) is 12.1 Å². The first-order chi connectivity index (χ1) is 12.1. The van der Waals surface area contributed by atoms with Crippen LogP contribution >= 0.6 is 24.0 Å². The zero-order valence-corrected chi connectivity index (χ0v) is 17.8. The van der Waals surface area contributed by atoms with E-state index in [4.69, 9.17) is 4.42 Å². The van der Waals surface area contributed by atoms with Crippen LogP contribution in [0.15, 0.2) is 52.1 Å². The lowest BCUT2D eigenvalue weighted by Gasteiger charge is -2.13. The molecule has 0 spiro atoms. The Hall–Kier alpha value is -2.03. The second-order valence-electron chi connectivity index (χ2n) is 5.85. The number of aliphatic imine (C=N–C) groups is 1. The van der Waals surface area contributed by atoms with Crippen LogP contribution < -0.4 is 10.6 Å². The Morgan fingerprint density at radius 2 is 2.00 bits per heavy atom. The maximum absolute atomic E-state index is 12.0. The van der Waals surface area contributed by atoms with Crippen LogP contribution in [0.25, 0.3) is 0 Å². The summed E-state index contributed by atoms with van der Waals surface area (Å²) in [7, 11) is 3.52. The summed E-state index contributed by atoms with van der Waals surface area (Å²) in [5.41, 5.74) is 1.82. The van der Waals surface area contributed by atoms with Crippen molar-refractivity contribution in [1.29, 1.82) is 0 Å². The smallest absolute Gasteiger partial charge is 0.253 e. The molecule has 0 radical (unpaired) electrons. The van der Waals surface area contributed by atoms with E-state index in [0.717, 1.165) is 36.8 Å². The largest absolute Gasteiger partial charge is 0.467 e. The highest BCUT2D eigenvalue weighted by Gasteiger charge is 2.08. The van der Waals surface area contributed by atoms with Gasteiger partial charge in [-0.3, -0.25) is 4.79 Å². The number of amides is 1. The first kappa shape index (κ1) is 22.0. The zero-order valence-electron chi connectivity index (χ0n) is 15.5. The van der Waals surface area contributed by atoms with E-state index >= 15 is 0 Å². The molecule has 6 nitrogen and oxygen atoms in total. The molecular weight excluding hydrogens is 443 g/mol. The molecule has 1 heterocycles. The lowest BCUT2D eigenvalue weighted by atomic mass is 10.1. The quantitative estimate of drug-likeness (QED) is 0.371. The fraction of sp³-hybridized carbons (Fsp3) is 0.368. The molecule has 0 aliphatic carbocycles. The van der Waals surface area contributed by atoms with Crippen molar-refractivity contribution >= 4 is 35.8 Å². The third kappa shape index (κ3) is 7.07. The zero-order chi connectivity index (χ0) is 18.1. The molecule has 0 bridgehead atoms. The Bertz CT molecular complexity index is 699. The Labute approximate surface area is 172 Å². The highest BCUT2D eigenvalue weighted by Crippen LogP contribution is 2.08. The average Bonchev–Trinajstić information content (AvgIpc) is 3.12. The van der Waals surface area contributed by atoms with Crippen molar-refractivity contribution in [3.05, 3.63) is 59.5 Å². The van der Waals surface area contributed by atoms with E-state index in [-0.39, 0.29) is 29.9 Å². The van der Waals surface area contributed by atoms with Crippen molar-refractivity contribution in [2.24, 2.45) is 4.99 Å². The van der Waals surface area contributed by atoms with Crippen LogP contribution in [-0.4, -0.2) is 44.0 Å². The minimum absolute atomic E-state index is 0. The average molecular weight is 470 g/mol. The summed E-state index contributed by atoms with van der Waals surface area (Å²) in [6.07, 6.45) is 2.45. The molecule has 1 aromatic heterocycles. The fourth-order valence-electron chi connectivity index (χ4n) is 2.34. The molecule has 0 fully saturated rings. The summed E-state index contributed by atoms with van der Waals surface area (Å²) in [4.78, 5) is 18.1. The van der Waals surface area contributed by atoms with Gasteiger partial charge >= 0.3 is 0 Å². The highest BCUT2D eigenvalue weighted by molar-refractivity contribution is 14.0. The lowest BCUT2D eigenvalue weighted by Crippen LogP contribution is -2.38. The van der Waals surface area contributed by atoms with Crippen molar-refractivity contribution in [2.75, 3.05) is 27.2 Å². The molecule has 0 aliphatic rings. The first-order valence-electron chi connectivity index (χ1n) is 8.45. The van der Waals surface area contributed by atoms with Crippen LogP contribution in [0.3, 0.4) is 0 Å². The van der Waals surface area contributed by atoms with Gasteiger partial charge in [0.15, 0.2) is 5.96 Å². The summed E-state index contributed by atoms with van der Waals surface area (Å²) in [5.74, 6) is 1.59. The van der Waals surface area contributed by atoms with Crippen LogP contribution in [0.2, 0.25) is 0 Å². The Balaban J connectivity index is 0.00000338. The number of carbonyl (C=O) groups excluding carboxylic acids is 1. The molecule has 0 saturated heterocycles. The summed E-state index contributed by atoms with van der Waals surface area (Å²) < 4.78 is 5.29. The van der Waals surface area contributed by atoms with Crippen molar-refractivity contribution in [1.82, 2.24) is 15.5 Å². The molecule has 26 heavy (non-hydrogen) atoms. The van der Waals surface area contributed by atoms with E-state index in [1.165, 1.54) is 0 Å². The van der Waals surface area contributed by atoms with Crippen LogP contribution in [0, 0.1) is 0 Å². The molecule has 142 valence electrons. The van der Waals surface area contributed by atoms with Crippen molar-refractivity contribution in [3.8, 4) is 0 Å². The normalized spacial score (nSPS) is 10.8. The van der Waals surface area contributed by atoms with Gasteiger partial charge in [0, 0.05) is 32.7 Å². The van der Waals surface area contributed by atoms with Gasteiger partial charge in [0.25, 0.3) is 5.91 Å². The minimum Gasteiger partial charge on any atom is -0.467 e. The SMILES string of the molecule is CCNC(=NCc1ccco1)NCCc1cccc(C(=O)N(C)C)c1.I. The number of furan rings is 1. The van der Waals surface area contributed by atoms with Crippen LogP contribution in [0.4, 0.5) is 0 Å². The lowest BCUT2D eigenvalue weighted by molar-refractivity contribution is 0.0827. The first-order valence-corrected chi connectivity index (χ1v) is 8.45. The summed E-state index contributed by atoms with van der Waals surface area (Å²) in [5, 5.41) is 6.52. The molecule has 0 atom stereocenters. The van der Waals surface area contributed by atoms with E-state index in [2.05, 4.69) is 15.6 Å². The van der Waals surface area contributed by atoms with Gasteiger partial charge in [-0.2, -0.15) is 0 Å². The van der Waals surface area contributed by atoms with Crippen LogP contribution in [0.1, 0.15) is 28.6 Å². The van der Waals surface area contributed by atoms with Gasteiger partial charge in [-0.1, -0.05) is 12.1 Å². The third-order valence-corrected chi connectivity index (χ3v) is 3.60. The van der Waals surface area contributed by atoms with Crippen molar-refractivity contribution < 1.29 is 9.21 Å². The van der Waals surface area contributed by atoms with E-state index in [9.17, 15) is 4.79 Å². The molecule has 2 aromatic rings. The van der Waals surface area contributed by atoms with Crippen LogP contribution in [-0.2, 0) is 13.0 Å². The Kier molecular flexibility index (Phi) is 9.79. The third-order valence-electron chi connectivity index (χ3n) is 3.60. The standard InChI is InChI=1S/C19H26N4O2.HI/c1-4-20-19(22-14-17-9-6-12-25-17)21-11-10-15-7-5-8-16(13-15)18(24)23(2)3;/h5-9,12-13H,4,10-11,14H2,1-3H3,(H2,20,21,22);1H. The van der Waals surface area contributed by atoms with Crippen LogP contribution in [0.5, 0.6) is 0 Å². The van der Waals surface area contributed by atoms with Gasteiger partial charge < -0.3 is 20.0 Å². The Morgan fingerprint density at radius 1 is 1.19 bits per heavy atom. The molecule has 1 aromatic carbocycles. The number of nitrogens with zero attached hydrogens (tertiary/aromatic N) is 2. The summed E-state index contributed by atoms with van der Waals surface area (Å²) in [6.45, 7) is 4.04. The number of hydrogen-bond donors (Lipinski definition) is 2. The van der Waals surface area contributed by atoms with Gasteiger partial charge in [-0.05, 0) is 43.2 Å². The number of benzene rings is 1. The highest BCUT2D eigenvalue weighted by atomic mass is 127. The van der Waals surface area contributed by atoms with Gasteiger partial charge in [0.1, 0.15) is 12.3 Å². The second kappa shape index (κ2) is 11.6. The number of carbonyl (C=O) groups is 1. The molecule has 0 saturated carbocycles. The summed E-state index contributed by atoms with van der Waals surface area (Å²) in [6, 6.07) is 11.5. The minimum atomic E-state index is 0. The predicted octanol–water partition coefficient (Wildman–Crippen LogP) is 2.90. The maximum atomic E-state index is 12.0. The second-order valence-corrected chi connectivity index (χ2v) is 5.85. The molecule has 0 unspecified atom stereocenters. The van der Waals surface area contributed by atoms with Crippen molar-refractivity contribution in [2.45, 2.75) is 19.9 Å². The maximum Gasteiger partial charge on any atom is 0.253 e. The molecule has 0 aliphatic heterocycles. The van der Waals surface area contributed by atoms with Gasteiger partial charge in [0.05, 0.1) is 6.26 Å². The topological polar surface area (TPSA) is 69.9 Å². The fourth-order valence-corrected chi connectivity index (χ4v) is 2.34. The number of guanidine groups is 1. The van der Waals surface area contributed by atoms with E-state index in [1.807, 2.05) is 43.3 Å². The van der Waals surface area contributed by atoms with Gasteiger partial charge in [-0.25, -0.2) is 4.99 Å². The Morgan fingerprint density at radius 3 is 2.65 bits per heavy atom. The molecular formula is C19H27IN4O2. The van der Waals surface area contributed by atoms with Gasteiger partial charge in [0.2, 0.25) is 0 Å². The van der Waals surface area contributed by atoms with E-state index < -0.39 is 0 Å².